The highest BCUT2D eigenvalue weighted by atomic mass is 16.5. The second-order valence-corrected chi connectivity index (χ2v) is 6.16. The van der Waals surface area contributed by atoms with E-state index in [1.54, 1.807) is 0 Å². The second-order valence-electron chi connectivity index (χ2n) is 6.16. The van der Waals surface area contributed by atoms with Gasteiger partial charge in [-0.05, 0) is 31.5 Å². The Hall–Kier alpha value is -2.50. The van der Waals surface area contributed by atoms with Gasteiger partial charge in [-0.2, -0.15) is 0 Å². The normalized spacial score (nSPS) is 14.8. The van der Waals surface area contributed by atoms with E-state index < -0.39 is 0 Å². The highest BCUT2D eigenvalue weighted by Crippen LogP contribution is 2.22. The van der Waals surface area contributed by atoms with Gasteiger partial charge in [-0.25, -0.2) is 4.79 Å². The molecule has 1 aromatic heterocycles. The molecule has 0 atom stereocenters. The van der Waals surface area contributed by atoms with Gasteiger partial charge < -0.3 is 19.6 Å². The summed E-state index contributed by atoms with van der Waals surface area (Å²) in [5.74, 6) is 0.722. The Morgan fingerprint density at radius 1 is 1.25 bits per heavy atom. The molecule has 0 bridgehead atoms. The van der Waals surface area contributed by atoms with Crippen LogP contribution in [0.15, 0.2) is 28.8 Å². The van der Waals surface area contributed by atoms with Gasteiger partial charge in [-0.15, -0.1) is 0 Å². The highest BCUT2D eigenvalue weighted by Gasteiger charge is 2.23. The van der Waals surface area contributed by atoms with Crippen molar-refractivity contribution in [3.63, 3.8) is 0 Å². The number of hydrogen-bond acceptors (Lipinski definition) is 4. The predicted octanol–water partition coefficient (Wildman–Crippen LogP) is 3.21. The zero-order chi connectivity index (χ0) is 17.1. The maximum absolute atomic E-state index is 12.5. The SMILES string of the molecule is CCc1onc(C)c1NC(=O)N1CCN(c2cccc(C)c2)CC1. The minimum atomic E-state index is -0.0834. The number of carbonyl (C=O) groups excluding carboxylic acids is 1. The first-order chi connectivity index (χ1) is 11.6. The standard InChI is InChI=1S/C18H24N4O2/c1-4-16-17(14(3)20-24-16)19-18(23)22-10-8-21(9-11-22)15-7-5-6-13(2)12-15/h5-7,12H,4,8-11H2,1-3H3,(H,19,23). The number of urea groups is 1. The third kappa shape index (κ3) is 3.37. The summed E-state index contributed by atoms with van der Waals surface area (Å²) in [6.45, 7) is 8.99. The molecule has 1 aliphatic heterocycles. The fraction of sp³-hybridized carbons (Fsp3) is 0.444. The molecule has 24 heavy (non-hydrogen) atoms. The smallest absolute Gasteiger partial charge is 0.322 e. The minimum absolute atomic E-state index is 0.0834. The number of rotatable bonds is 3. The molecule has 2 amide bonds. The maximum atomic E-state index is 12.5. The molecule has 3 rings (SSSR count). The van der Waals surface area contributed by atoms with Crippen LogP contribution >= 0.6 is 0 Å². The summed E-state index contributed by atoms with van der Waals surface area (Å²) in [6.07, 6.45) is 0.706. The summed E-state index contributed by atoms with van der Waals surface area (Å²) >= 11 is 0. The van der Waals surface area contributed by atoms with Crippen molar-refractivity contribution < 1.29 is 9.32 Å². The number of anilines is 2. The maximum Gasteiger partial charge on any atom is 0.322 e. The van der Waals surface area contributed by atoms with Gasteiger partial charge in [-0.3, -0.25) is 0 Å². The molecule has 0 radical (unpaired) electrons. The summed E-state index contributed by atoms with van der Waals surface area (Å²) in [6, 6.07) is 8.39. The van der Waals surface area contributed by atoms with Crippen molar-refractivity contribution >= 4 is 17.4 Å². The monoisotopic (exact) mass is 328 g/mol. The molecule has 1 aromatic carbocycles. The van der Waals surface area contributed by atoms with E-state index in [0.29, 0.717) is 25.2 Å². The van der Waals surface area contributed by atoms with Crippen LogP contribution in [-0.2, 0) is 6.42 Å². The van der Waals surface area contributed by atoms with Crippen molar-refractivity contribution in [3.8, 4) is 0 Å². The van der Waals surface area contributed by atoms with Crippen LogP contribution in [0.2, 0.25) is 0 Å². The van der Waals surface area contributed by atoms with E-state index in [9.17, 15) is 4.79 Å². The molecule has 0 saturated carbocycles. The van der Waals surface area contributed by atoms with Crippen LogP contribution in [0.4, 0.5) is 16.2 Å². The average Bonchev–Trinajstić information content (AvgIpc) is 2.95. The molecule has 1 aliphatic rings. The van der Waals surface area contributed by atoms with Gasteiger partial charge in [0.05, 0.1) is 0 Å². The third-order valence-corrected chi connectivity index (χ3v) is 4.42. The van der Waals surface area contributed by atoms with Crippen molar-refractivity contribution in [1.29, 1.82) is 0 Å². The first kappa shape index (κ1) is 16.4. The molecular weight excluding hydrogens is 304 g/mol. The number of aromatic nitrogens is 1. The summed E-state index contributed by atoms with van der Waals surface area (Å²) in [5.41, 5.74) is 3.91. The molecule has 1 N–H and O–H groups in total. The molecular formula is C18H24N4O2. The first-order valence-corrected chi connectivity index (χ1v) is 8.41. The number of hydrogen-bond donors (Lipinski definition) is 1. The molecule has 1 fully saturated rings. The summed E-state index contributed by atoms with van der Waals surface area (Å²) in [7, 11) is 0. The van der Waals surface area contributed by atoms with Crippen LogP contribution in [0.1, 0.15) is 23.9 Å². The van der Waals surface area contributed by atoms with E-state index in [4.69, 9.17) is 4.52 Å². The van der Waals surface area contributed by atoms with Crippen LogP contribution in [0.3, 0.4) is 0 Å². The Bertz CT molecular complexity index is 718. The molecule has 2 heterocycles. The molecule has 0 unspecified atom stereocenters. The van der Waals surface area contributed by atoms with Gasteiger partial charge in [0.2, 0.25) is 0 Å². The molecule has 0 aliphatic carbocycles. The van der Waals surface area contributed by atoms with Crippen molar-refractivity contribution in [2.75, 3.05) is 36.4 Å². The fourth-order valence-corrected chi connectivity index (χ4v) is 3.00. The van der Waals surface area contributed by atoms with Crippen LogP contribution in [-0.4, -0.2) is 42.3 Å². The van der Waals surface area contributed by atoms with Gasteiger partial charge in [-0.1, -0.05) is 24.2 Å². The van der Waals surface area contributed by atoms with Crippen LogP contribution < -0.4 is 10.2 Å². The molecule has 6 nitrogen and oxygen atoms in total. The predicted molar refractivity (Wildman–Crippen MR) is 94.6 cm³/mol. The lowest BCUT2D eigenvalue weighted by atomic mass is 10.2. The Labute approximate surface area is 142 Å². The second kappa shape index (κ2) is 6.95. The molecule has 0 spiro atoms. The van der Waals surface area contributed by atoms with Crippen molar-refractivity contribution in [3.05, 3.63) is 41.3 Å². The van der Waals surface area contributed by atoms with E-state index in [1.807, 2.05) is 18.7 Å². The third-order valence-electron chi connectivity index (χ3n) is 4.42. The van der Waals surface area contributed by atoms with E-state index in [-0.39, 0.29) is 6.03 Å². The zero-order valence-corrected chi connectivity index (χ0v) is 14.5. The number of aryl methyl sites for hydroxylation is 3. The van der Waals surface area contributed by atoms with E-state index in [2.05, 4.69) is 46.6 Å². The first-order valence-electron chi connectivity index (χ1n) is 8.41. The highest BCUT2D eigenvalue weighted by molar-refractivity contribution is 5.90. The summed E-state index contributed by atoms with van der Waals surface area (Å²) < 4.78 is 5.23. The zero-order valence-electron chi connectivity index (χ0n) is 14.5. The van der Waals surface area contributed by atoms with Crippen molar-refractivity contribution in [1.82, 2.24) is 10.1 Å². The molecule has 1 saturated heterocycles. The van der Waals surface area contributed by atoms with E-state index in [0.717, 1.165) is 24.5 Å². The van der Waals surface area contributed by atoms with Crippen LogP contribution in [0.5, 0.6) is 0 Å². The number of amides is 2. The minimum Gasteiger partial charge on any atom is -0.368 e. The number of piperazine rings is 1. The average molecular weight is 328 g/mol. The van der Waals surface area contributed by atoms with Gasteiger partial charge in [0.25, 0.3) is 0 Å². The van der Waals surface area contributed by atoms with Gasteiger partial charge >= 0.3 is 6.03 Å². The van der Waals surface area contributed by atoms with Gasteiger partial charge in [0.15, 0.2) is 5.76 Å². The van der Waals surface area contributed by atoms with Gasteiger partial charge in [0.1, 0.15) is 11.4 Å². The Morgan fingerprint density at radius 3 is 2.67 bits per heavy atom. The molecule has 6 heteroatoms. The van der Waals surface area contributed by atoms with Gasteiger partial charge in [0, 0.05) is 38.3 Å². The van der Waals surface area contributed by atoms with Crippen molar-refractivity contribution in [2.45, 2.75) is 27.2 Å². The summed E-state index contributed by atoms with van der Waals surface area (Å²) in [4.78, 5) is 16.7. The lowest BCUT2D eigenvalue weighted by Crippen LogP contribution is -2.50. The fourth-order valence-electron chi connectivity index (χ4n) is 3.00. The Balaban J connectivity index is 1.60. The van der Waals surface area contributed by atoms with E-state index in [1.165, 1.54) is 11.3 Å². The van der Waals surface area contributed by atoms with Crippen LogP contribution in [0.25, 0.3) is 0 Å². The Kier molecular flexibility index (Phi) is 4.74. The van der Waals surface area contributed by atoms with Crippen molar-refractivity contribution in [2.24, 2.45) is 0 Å². The topological polar surface area (TPSA) is 61.6 Å². The number of nitrogens with one attached hydrogen (secondary N) is 1. The lowest BCUT2D eigenvalue weighted by molar-refractivity contribution is 0.208. The molecule has 128 valence electrons. The number of benzene rings is 1. The summed E-state index contributed by atoms with van der Waals surface area (Å²) in [5, 5.41) is 6.88. The Morgan fingerprint density at radius 2 is 2.00 bits per heavy atom. The number of carbonyl (C=O) groups is 1. The van der Waals surface area contributed by atoms with E-state index >= 15 is 0 Å². The largest absolute Gasteiger partial charge is 0.368 e. The lowest BCUT2D eigenvalue weighted by Gasteiger charge is -2.36. The quantitative estimate of drug-likeness (QED) is 0.940. The molecule has 2 aromatic rings. The number of nitrogens with zero attached hydrogens (tertiary/aromatic N) is 3. The van der Waals surface area contributed by atoms with Crippen LogP contribution in [0, 0.1) is 13.8 Å².